The Labute approximate surface area is 124 Å². The molecule has 2 rings (SSSR count). The van der Waals surface area contributed by atoms with Crippen molar-refractivity contribution in [3.05, 3.63) is 23.8 Å². The lowest BCUT2D eigenvalue weighted by Gasteiger charge is -2.35. The summed E-state index contributed by atoms with van der Waals surface area (Å²) in [6.45, 7) is 4.62. The number of nitrogens with two attached hydrogens (primary N) is 1. The maximum absolute atomic E-state index is 12.5. The number of methoxy groups -OCH3 is 1. The van der Waals surface area contributed by atoms with E-state index in [1.807, 2.05) is 6.92 Å². The quantitative estimate of drug-likeness (QED) is 0.489. The van der Waals surface area contributed by atoms with Crippen LogP contribution >= 0.6 is 0 Å². The van der Waals surface area contributed by atoms with Gasteiger partial charge >= 0.3 is 0 Å². The lowest BCUT2D eigenvalue weighted by atomic mass is 10.0. The number of piperazine rings is 1. The molecule has 0 aromatic heterocycles. The van der Waals surface area contributed by atoms with E-state index >= 15 is 0 Å². The van der Waals surface area contributed by atoms with E-state index in [9.17, 15) is 9.59 Å². The summed E-state index contributed by atoms with van der Waals surface area (Å²) < 4.78 is 5.10. The first-order chi connectivity index (χ1) is 10.1. The van der Waals surface area contributed by atoms with Gasteiger partial charge in [0.05, 0.1) is 18.8 Å². The van der Waals surface area contributed by atoms with Gasteiger partial charge in [-0.1, -0.05) is 0 Å². The van der Waals surface area contributed by atoms with Gasteiger partial charge in [-0.2, -0.15) is 0 Å². The summed E-state index contributed by atoms with van der Waals surface area (Å²) in [7, 11) is 1.54. The molecular formula is C15H21N3O3. The summed E-state index contributed by atoms with van der Waals surface area (Å²) in [5.41, 5.74) is 6.89. The molecule has 21 heavy (non-hydrogen) atoms. The highest BCUT2D eigenvalue weighted by molar-refractivity contribution is 6.00. The van der Waals surface area contributed by atoms with E-state index in [2.05, 4.69) is 4.90 Å². The van der Waals surface area contributed by atoms with Crippen molar-refractivity contribution in [2.75, 3.05) is 39.0 Å². The Morgan fingerprint density at radius 2 is 2.00 bits per heavy atom. The smallest absolute Gasteiger partial charge is 0.209 e. The van der Waals surface area contributed by atoms with E-state index in [0.29, 0.717) is 43.2 Å². The number of anilines is 1. The molecule has 6 heteroatoms. The van der Waals surface area contributed by atoms with Crippen LogP contribution in [0, 0.1) is 0 Å². The summed E-state index contributed by atoms with van der Waals surface area (Å²) in [4.78, 5) is 27.0. The van der Waals surface area contributed by atoms with Gasteiger partial charge in [0.15, 0.2) is 5.78 Å². The van der Waals surface area contributed by atoms with Crippen molar-refractivity contribution >= 4 is 17.9 Å². The maximum Gasteiger partial charge on any atom is 0.209 e. The summed E-state index contributed by atoms with van der Waals surface area (Å²) in [6.07, 6.45) is 0.855. The Morgan fingerprint density at radius 3 is 2.52 bits per heavy atom. The van der Waals surface area contributed by atoms with Gasteiger partial charge in [-0.25, -0.2) is 0 Å². The van der Waals surface area contributed by atoms with Crippen LogP contribution in [0.1, 0.15) is 17.3 Å². The molecule has 1 aliphatic heterocycles. The lowest BCUT2D eigenvalue weighted by molar-refractivity contribution is -0.119. The number of nitrogen functional groups attached to an aromatic ring is 1. The van der Waals surface area contributed by atoms with E-state index in [0.717, 1.165) is 6.41 Å². The second-order valence-electron chi connectivity index (χ2n) is 5.17. The van der Waals surface area contributed by atoms with Crippen LogP contribution in [0.4, 0.5) is 5.69 Å². The maximum atomic E-state index is 12.5. The summed E-state index contributed by atoms with van der Waals surface area (Å²) in [5.74, 6) is 0.600. The van der Waals surface area contributed by atoms with E-state index in [1.165, 1.54) is 0 Å². The third kappa shape index (κ3) is 3.33. The first-order valence-electron chi connectivity index (χ1n) is 6.98. The van der Waals surface area contributed by atoms with E-state index in [-0.39, 0.29) is 11.8 Å². The second kappa shape index (κ2) is 6.58. The van der Waals surface area contributed by atoms with Crippen molar-refractivity contribution in [1.82, 2.24) is 9.80 Å². The number of ketones is 1. The van der Waals surface area contributed by atoms with Gasteiger partial charge in [0, 0.05) is 31.7 Å². The molecular weight excluding hydrogens is 270 g/mol. The molecule has 2 N–H and O–H groups in total. The van der Waals surface area contributed by atoms with E-state index in [4.69, 9.17) is 10.5 Å². The summed E-state index contributed by atoms with van der Waals surface area (Å²) >= 11 is 0. The normalized spacial score (nSPS) is 17.3. The zero-order chi connectivity index (χ0) is 15.4. The van der Waals surface area contributed by atoms with Gasteiger partial charge in [0.2, 0.25) is 6.41 Å². The van der Waals surface area contributed by atoms with Crippen LogP contribution in [0.5, 0.6) is 5.75 Å². The molecule has 0 spiro atoms. The molecule has 114 valence electrons. The highest BCUT2D eigenvalue weighted by atomic mass is 16.5. The third-order valence-electron chi connectivity index (χ3n) is 3.94. The molecule has 0 aliphatic carbocycles. The largest absolute Gasteiger partial charge is 0.495 e. The van der Waals surface area contributed by atoms with Gasteiger partial charge in [0.1, 0.15) is 5.75 Å². The molecule has 1 saturated heterocycles. The molecule has 0 radical (unpaired) electrons. The minimum atomic E-state index is -0.230. The molecule has 1 unspecified atom stereocenters. The minimum Gasteiger partial charge on any atom is -0.495 e. The Kier molecular flexibility index (Phi) is 4.80. The standard InChI is InChI=1S/C15H21N3O3/c1-11(18-7-5-17(10-19)6-8-18)15(20)12-3-4-14(21-2)13(16)9-12/h3-4,9-11H,5-8,16H2,1-2H3. The topological polar surface area (TPSA) is 75.9 Å². The van der Waals surface area contributed by atoms with Crippen LogP contribution in [0.2, 0.25) is 0 Å². The molecule has 1 atom stereocenters. The number of hydrogen-bond donors (Lipinski definition) is 1. The van der Waals surface area contributed by atoms with Crippen LogP contribution in [-0.4, -0.2) is 61.3 Å². The van der Waals surface area contributed by atoms with Crippen molar-refractivity contribution in [2.45, 2.75) is 13.0 Å². The van der Waals surface area contributed by atoms with Gasteiger partial charge < -0.3 is 15.4 Å². The molecule has 1 heterocycles. The van der Waals surface area contributed by atoms with Crippen LogP contribution in [-0.2, 0) is 4.79 Å². The van der Waals surface area contributed by atoms with Crippen molar-refractivity contribution in [3.63, 3.8) is 0 Å². The summed E-state index contributed by atoms with van der Waals surface area (Å²) in [6, 6.07) is 4.86. The predicted molar refractivity (Wildman–Crippen MR) is 80.4 cm³/mol. The Hall–Kier alpha value is -2.08. The number of carbonyl (C=O) groups is 2. The number of Topliss-reactive ketones (excluding diaryl/α,β-unsaturated/α-hetero) is 1. The van der Waals surface area contributed by atoms with Crippen molar-refractivity contribution in [3.8, 4) is 5.75 Å². The van der Waals surface area contributed by atoms with Crippen molar-refractivity contribution in [2.24, 2.45) is 0 Å². The zero-order valence-electron chi connectivity index (χ0n) is 12.4. The highest BCUT2D eigenvalue weighted by Crippen LogP contribution is 2.23. The Morgan fingerprint density at radius 1 is 1.33 bits per heavy atom. The van der Waals surface area contributed by atoms with Crippen molar-refractivity contribution in [1.29, 1.82) is 0 Å². The number of hydrogen-bond acceptors (Lipinski definition) is 5. The lowest BCUT2D eigenvalue weighted by Crippen LogP contribution is -2.51. The molecule has 0 bridgehead atoms. The van der Waals surface area contributed by atoms with E-state index < -0.39 is 0 Å². The van der Waals surface area contributed by atoms with Gasteiger partial charge in [0.25, 0.3) is 0 Å². The van der Waals surface area contributed by atoms with Crippen LogP contribution in [0.3, 0.4) is 0 Å². The average Bonchev–Trinajstić information content (AvgIpc) is 2.53. The molecule has 1 fully saturated rings. The predicted octanol–water partition coefficient (Wildman–Crippen LogP) is 0.623. The zero-order valence-corrected chi connectivity index (χ0v) is 12.4. The Balaban J connectivity index is 2.05. The third-order valence-corrected chi connectivity index (χ3v) is 3.94. The number of ether oxygens (including phenoxy) is 1. The van der Waals surface area contributed by atoms with Crippen molar-refractivity contribution < 1.29 is 14.3 Å². The highest BCUT2D eigenvalue weighted by Gasteiger charge is 2.26. The first kappa shape index (κ1) is 15.3. The second-order valence-corrected chi connectivity index (χ2v) is 5.17. The fourth-order valence-corrected chi connectivity index (χ4v) is 2.52. The average molecular weight is 291 g/mol. The molecule has 1 amide bonds. The van der Waals surface area contributed by atoms with Gasteiger partial charge in [-0.3, -0.25) is 14.5 Å². The fraction of sp³-hybridized carbons (Fsp3) is 0.467. The molecule has 1 aromatic carbocycles. The van der Waals surface area contributed by atoms with Crippen LogP contribution < -0.4 is 10.5 Å². The van der Waals surface area contributed by atoms with Crippen LogP contribution in [0.15, 0.2) is 18.2 Å². The number of amides is 1. The number of carbonyl (C=O) groups excluding carboxylic acids is 2. The SMILES string of the molecule is COc1ccc(C(=O)C(C)N2CCN(C=O)CC2)cc1N. The van der Waals surface area contributed by atoms with Gasteiger partial charge in [-0.05, 0) is 25.1 Å². The fourth-order valence-electron chi connectivity index (χ4n) is 2.52. The Bertz CT molecular complexity index is 525. The number of rotatable bonds is 5. The monoisotopic (exact) mass is 291 g/mol. The molecule has 0 saturated carbocycles. The first-order valence-corrected chi connectivity index (χ1v) is 6.98. The number of nitrogens with zero attached hydrogens (tertiary/aromatic N) is 2. The van der Waals surface area contributed by atoms with Gasteiger partial charge in [-0.15, -0.1) is 0 Å². The molecule has 1 aliphatic rings. The minimum absolute atomic E-state index is 0.0314. The molecule has 6 nitrogen and oxygen atoms in total. The molecule has 1 aromatic rings. The van der Waals surface area contributed by atoms with Crippen LogP contribution in [0.25, 0.3) is 0 Å². The summed E-state index contributed by atoms with van der Waals surface area (Å²) in [5, 5.41) is 0. The number of benzene rings is 1. The van der Waals surface area contributed by atoms with E-state index in [1.54, 1.807) is 30.2 Å².